The number of benzene rings is 1. The molecule has 0 aliphatic rings. The van der Waals surface area contributed by atoms with Gasteiger partial charge in [-0.05, 0) is 43.3 Å². The number of carbonyl (C=O) groups is 1. The Bertz CT molecular complexity index is 924. The summed E-state index contributed by atoms with van der Waals surface area (Å²) in [6.07, 6.45) is 3.25. The molecule has 0 aliphatic carbocycles. The molecule has 0 saturated heterocycles. The molecule has 2 aromatic heterocycles. The van der Waals surface area contributed by atoms with E-state index in [1.807, 2.05) is 0 Å². The van der Waals surface area contributed by atoms with Crippen molar-refractivity contribution in [3.8, 4) is 11.8 Å². The summed E-state index contributed by atoms with van der Waals surface area (Å²) >= 11 is 0. The highest BCUT2D eigenvalue weighted by atomic mass is 19.1. The first-order valence-electron chi connectivity index (χ1n) is 8.09. The molecule has 3 rings (SSSR count). The van der Waals surface area contributed by atoms with Gasteiger partial charge in [0.1, 0.15) is 11.6 Å². The SMILES string of the molecule is Cc1c(C(=O)N(CCC#N)Cc2ccco2)cnn1-c1ccc(F)cc1. The Hall–Kier alpha value is -3.40. The fraction of sp³-hybridized carbons (Fsp3) is 0.211. The van der Waals surface area contributed by atoms with Crippen LogP contribution in [0.4, 0.5) is 4.39 Å². The topological polar surface area (TPSA) is 75.1 Å². The van der Waals surface area contributed by atoms with Gasteiger partial charge in [-0.25, -0.2) is 9.07 Å². The molecule has 26 heavy (non-hydrogen) atoms. The Balaban J connectivity index is 1.87. The Kier molecular flexibility index (Phi) is 5.13. The summed E-state index contributed by atoms with van der Waals surface area (Å²) < 4.78 is 20.0. The van der Waals surface area contributed by atoms with E-state index in [0.717, 1.165) is 0 Å². The number of hydrogen-bond acceptors (Lipinski definition) is 4. The Morgan fingerprint density at radius 2 is 2.12 bits per heavy atom. The van der Waals surface area contributed by atoms with E-state index in [0.29, 0.717) is 22.7 Å². The van der Waals surface area contributed by atoms with Gasteiger partial charge in [0.25, 0.3) is 5.91 Å². The van der Waals surface area contributed by atoms with Crippen LogP contribution in [0.25, 0.3) is 5.69 Å². The van der Waals surface area contributed by atoms with Gasteiger partial charge < -0.3 is 9.32 Å². The van der Waals surface area contributed by atoms with Crippen LogP contribution in [-0.4, -0.2) is 27.1 Å². The van der Waals surface area contributed by atoms with Gasteiger partial charge in [0.05, 0.1) is 48.4 Å². The number of amides is 1. The summed E-state index contributed by atoms with van der Waals surface area (Å²) in [5, 5.41) is 13.1. The molecule has 2 heterocycles. The van der Waals surface area contributed by atoms with Gasteiger partial charge in [-0.1, -0.05) is 0 Å². The van der Waals surface area contributed by atoms with Crippen LogP contribution in [-0.2, 0) is 6.54 Å². The van der Waals surface area contributed by atoms with E-state index < -0.39 is 0 Å². The highest BCUT2D eigenvalue weighted by Crippen LogP contribution is 2.18. The zero-order valence-electron chi connectivity index (χ0n) is 14.2. The molecule has 0 saturated carbocycles. The second kappa shape index (κ2) is 7.66. The number of aromatic nitrogens is 2. The first kappa shape index (κ1) is 17.4. The van der Waals surface area contributed by atoms with Gasteiger partial charge in [0.2, 0.25) is 0 Å². The molecule has 0 unspecified atom stereocenters. The third-order valence-electron chi connectivity index (χ3n) is 4.02. The zero-order chi connectivity index (χ0) is 18.5. The Labute approximate surface area is 150 Å². The van der Waals surface area contributed by atoms with E-state index in [1.54, 1.807) is 47.0 Å². The average molecular weight is 352 g/mol. The first-order valence-corrected chi connectivity index (χ1v) is 8.09. The molecule has 0 spiro atoms. The minimum Gasteiger partial charge on any atom is -0.467 e. The first-order chi connectivity index (χ1) is 12.6. The number of nitriles is 1. The lowest BCUT2D eigenvalue weighted by atomic mass is 10.2. The summed E-state index contributed by atoms with van der Waals surface area (Å²) in [4.78, 5) is 14.5. The molecule has 0 atom stereocenters. The predicted molar refractivity (Wildman–Crippen MR) is 91.9 cm³/mol. The summed E-state index contributed by atoms with van der Waals surface area (Å²) in [6.45, 7) is 2.34. The zero-order valence-corrected chi connectivity index (χ0v) is 14.2. The van der Waals surface area contributed by atoms with Crippen molar-refractivity contribution in [3.63, 3.8) is 0 Å². The Morgan fingerprint density at radius 1 is 1.35 bits per heavy atom. The molecule has 6 nitrogen and oxygen atoms in total. The third-order valence-corrected chi connectivity index (χ3v) is 4.02. The molecule has 7 heteroatoms. The molecular weight excluding hydrogens is 335 g/mol. The molecule has 0 aliphatic heterocycles. The van der Waals surface area contributed by atoms with Crippen LogP contribution in [0.1, 0.15) is 28.2 Å². The van der Waals surface area contributed by atoms with Crippen molar-refractivity contribution in [2.75, 3.05) is 6.54 Å². The number of furan rings is 1. The van der Waals surface area contributed by atoms with E-state index in [1.165, 1.54) is 18.3 Å². The van der Waals surface area contributed by atoms with E-state index in [4.69, 9.17) is 9.68 Å². The summed E-state index contributed by atoms with van der Waals surface area (Å²) in [5.74, 6) is 0.0679. The summed E-state index contributed by atoms with van der Waals surface area (Å²) in [7, 11) is 0. The highest BCUT2D eigenvalue weighted by Gasteiger charge is 2.22. The molecule has 0 N–H and O–H groups in total. The minimum absolute atomic E-state index is 0.220. The van der Waals surface area contributed by atoms with Crippen molar-refractivity contribution in [1.82, 2.24) is 14.7 Å². The van der Waals surface area contributed by atoms with Crippen LogP contribution in [0, 0.1) is 24.1 Å². The summed E-state index contributed by atoms with van der Waals surface area (Å²) in [6, 6.07) is 11.5. The van der Waals surface area contributed by atoms with Crippen molar-refractivity contribution in [2.24, 2.45) is 0 Å². The molecule has 0 radical (unpaired) electrons. The van der Waals surface area contributed by atoms with Gasteiger partial charge in [-0.15, -0.1) is 0 Å². The van der Waals surface area contributed by atoms with Crippen LogP contribution in [0.5, 0.6) is 0 Å². The number of halogens is 1. The van der Waals surface area contributed by atoms with Crippen LogP contribution in [0.15, 0.2) is 53.3 Å². The van der Waals surface area contributed by atoms with Gasteiger partial charge in [0.15, 0.2) is 0 Å². The molecule has 1 aromatic carbocycles. The van der Waals surface area contributed by atoms with Crippen LogP contribution in [0.3, 0.4) is 0 Å². The molecule has 0 bridgehead atoms. The smallest absolute Gasteiger partial charge is 0.257 e. The monoisotopic (exact) mass is 352 g/mol. The number of carbonyl (C=O) groups excluding carboxylic acids is 1. The van der Waals surface area contributed by atoms with Gasteiger partial charge in [-0.2, -0.15) is 10.4 Å². The van der Waals surface area contributed by atoms with E-state index >= 15 is 0 Å². The van der Waals surface area contributed by atoms with Crippen LogP contribution < -0.4 is 0 Å². The van der Waals surface area contributed by atoms with Gasteiger partial charge in [-0.3, -0.25) is 4.79 Å². The van der Waals surface area contributed by atoms with Crippen molar-refractivity contribution in [2.45, 2.75) is 19.9 Å². The third kappa shape index (κ3) is 3.64. The van der Waals surface area contributed by atoms with Crippen molar-refractivity contribution < 1.29 is 13.6 Å². The van der Waals surface area contributed by atoms with Gasteiger partial charge in [0, 0.05) is 6.54 Å². The second-order valence-corrected chi connectivity index (χ2v) is 5.75. The van der Waals surface area contributed by atoms with E-state index in [9.17, 15) is 9.18 Å². The second-order valence-electron chi connectivity index (χ2n) is 5.75. The molecule has 132 valence electrons. The lowest BCUT2D eigenvalue weighted by molar-refractivity contribution is 0.0734. The standard InChI is InChI=1S/C19H17FN4O2/c1-14-18(12-22-24(14)16-7-5-15(20)6-8-16)19(25)23(10-3-9-21)13-17-4-2-11-26-17/h2,4-8,11-12H,3,10,13H2,1H3. The molecule has 1 amide bonds. The molecule has 3 aromatic rings. The lowest BCUT2D eigenvalue weighted by Crippen LogP contribution is -2.31. The molecular formula is C19H17FN4O2. The lowest BCUT2D eigenvalue weighted by Gasteiger charge is -2.20. The normalized spacial score (nSPS) is 10.5. The number of nitrogens with zero attached hydrogens (tertiary/aromatic N) is 4. The van der Waals surface area contributed by atoms with Crippen LogP contribution in [0.2, 0.25) is 0 Å². The fourth-order valence-electron chi connectivity index (χ4n) is 2.66. The van der Waals surface area contributed by atoms with E-state index in [2.05, 4.69) is 11.2 Å². The average Bonchev–Trinajstić information content (AvgIpc) is 3.28. The maximum Gasteiger partial charge on any atom is 0.257 e. The predicted octanol–water partition coefficient (Wildman–Crippen LogP) is 3.47. The Morgan fingerprint density at radius 3 is 2.77 bits per heavy atom. The maximum atomic E-state index is 13.1. The van der Waals surface area contributed by atoms with Crippen molar-refractivity contribution >= 4 is 5.91 Å². The fourth-order valence-corrected chi connectivity index (χ4v) is 2.66. The number of hydrogen-bond donors (Lipinski definition) is 0. The minimum atomic E-state index is -0.337. The van der Waals surface area contributed by atoms with Gasteiger partial charge >= 0.3 is 0 Å². The largest absolute Gasteiger partial charge is 0.467 e. The highest BCUT2D eigenvalue weighted by molar-refractivity contribution is 5.95. The summed E-state index contributed by atoms with van der Waals surface area (Å²) in [5.41, 5.74) is 1.74. The van der Waals surface area contributed by atoms with Crippen molar-refractivity contribution in [1.29, 1.82) is 5.26 Å². The van der Waals surface area contributed by atoms with Crippen molar-refractivity contribution in [3.05, 3.63) is 71.7 Å². The van der Waals surface area contributed by atoms with E-state index in [-0.39, 0.29) is 31.2 Å². The number of rotatable bonds is 6. The maximum absolute atomic E-state index is 13.1. The quantitative estimate of drug-likeness (QED) is 0.681. The van der Waals surface area contributed by atoms with Crippen LogP contribution >= 0.6 is 0 Å². The molecule has 0 fully saturated rings.